The summed E-state index contributed by atoms with van der Waals surface area (Å²) in [6.07, 6.45) is 2.13. The van der Waals surface area contributed by atoms with E-state index in [1.54, 1.807) is 0 Å². The molecule has 2 heterocycles. The van der Waals surface area contributed by atoms with Crippen molar-refractivity contribution in [2.24, 2.45) is 0 Å². The molecule has 3 aromatic rings. The fraction of sp³-hybridized carbons (Fsp3) is 0.406. The van der Waals surface area contributed by atoms with Gasteiger partial charge in [-0.25, -0.2) is 4.79 Å². The highest BCUT2D eigenvalue weighted by atomic mass is 16.2. The van der Waals surface area contributed by atoms with Crippen molar-refractivity contribution in [1.29, 1.82) is 0 Å². The van der Waals surface area contributed by atoms with E-state index in [-0.39, 0.29) is 16.9 Å². The Kier molecular flexibility index (Phi) is 6.42. The highest BCUT2D eigenvalue weighted by Gasteiger charge is 2.46. The van der Waals surface area contributed by atoms with Crippen molar-refractivity contribution in [2.75, 3.05) is 29.9 Å². The normalized spacial score (nSPS) is 17.3. The van der Waals surface area contributed by atoms with Gasteiger partial charge >= 0.3 is 6.03 Å². The predicted octanol–water partition coefficient (Wildman–Crippen LogP) is 7.19. The lowest BCUT2D eigenvalue weighted by Crippen LogP contribution is -2.46. The van der Waals surface area contributed by atoms with Gasteiger partial charge in [-0.2, -0.15) is 0 Å². The van der Waals surface area contributed by atoms with Crippen molar-refractivity contribution in [3.8, 4) is 0 Å². The average Bonchev–Trinajstić information content (AvgIpc) is 3.14. The molecule has 0 unspecified atom stereocenters. The van der Waals surface area contributed by atoms with E-state index in [2.05, 4.69) is 80.4 Å². The highest BCUT2D eigenvalue weighted by Crippen LogP contribution is 2.47. The molecule has 2 amide bonds. The SMILES string of the molecule is Cc1cccc(NC(=O)N2CC3(CCN(Cc4ccc(C(C)(C)C)cc4)CC3)c3cc(C)ccc32)c1. The number of fused-ring (bicyclic) bond motifs is 2. The Bertz CT molecular complexity index is 1250. The van der Waals surface area contributed by atoms with Crippen molar-refractivity contribution >= 4 is 17.4 Å². The number of urea groups is 1. The second kappa shape index (κ2) is 9.40. The van der Waals surface area contributed by atoms with Crippen LogP contribution in [0, 0.1) is 13.8 Å². The molecule has 1 N–H and O–H groups in total. The largest absolute Gasteiger partial charge is 0.326 e. The summed E-state index contributed by atoms with van der Waals surface area (Å²) in [5, 5.41) is 3.14. The van der Waals surface area contributed by atoms with Gasteiger partial charge in [-0.15, -0.1) is 0 Å². The number of aryl methyl sites for hydroxylation is 2. The molecule has 3 aromatic carbocycles. The van der Waals surface area contributed by atoms with E-state index in [0.717, 1.165) is 56.0 Å². The van der Waals surface area contributed by atoms with Gasteiger partial charge in [0.1, 0.15) is 0 Å². The average molecular weight is 482 g/mol. The molecule has 0 aromatic heterocycles. The van der Waals surface area contributed by atoms with Gasteiger partial charge in [0.2, 0.25) is 0 Å². The Labute approximate surface area is 216 Å². The molecule has 4 nitrogen and oxygen atoms in total. The maximum absolute atomic E-state index is 13.4. The van der Waals surface area contributed by atoms with Crippen molar-refractivity contribution < 1.29 is 4.79 Å². The molecule has 0 bridgehead atoms. The number of piperidine rings is 1. The third-order valence-corrected chi connectivity index (χ3v) is 8.03. The van der Waals surface area contributed by atoms with E-state index in [0.29, 0.717) is 0 Å². The summed E-state index contributed by atoms with van der Waals surface area (Å²) in [7, 11) is 0. The third kappa shape index (κ3) is 4.92. The molecular formula is C32H39N3O. The van der Waals surface area contributed by atoms with Gasteiger partial charge in [0.05, 0.1) is 0 Å². The van der Waals surface area contributed by atoms with Crippen LogP contribution in [0.1, 0.15) is 61.4 Å². The van der Waals surface area contributed by atoms with E-state index in [9.17, 15) is 4.79 Å². The van der Waals surface area contributed by atoms with E-state index in [4.69, 9.17) is 0 Å². The maximum Gasteiger partial charge on any atom is 0.326 e. The van der Waals surface area contributed by atoms with Crippen LogP contribution in [0.15, 0.2) is 66.7 Å². The van der Waals surface area contributed by atoms with Crippen LogP contribution < -0.4 is 10.2 Å². The fourth-order valence-electron chi connectivity index (χ4n) is 5.81. The van der Waals surface area contributed by atoms with Crippen LogP contribution in [0.2, 0.25) is 0 Å². The number of benzene rings is 3. The van der Waals surface area contributed by atoms with E-state index >= 15 is 0 Å². The number of hydrogen-bond acceptors (Lipinski definition) is 2. The zero-order chi connectivity index (χ0) is 25.5. The van der Waals surface area contributed by atoms with E-state index in [1.165, 1.54) is 22.3 Å². The lowest BCUT2D eigenvalue weighted by atomic mass is 9.74. The molecule has 188 valence electrons. The highest BCUT2D eigenvalue weighted by molar-refractivity contribution is 6.03. The zero-order valence-electron chi connectivity index (χ0n) is 22.4. The molecule has 5 rings (SSSR count). The Morgan fingerprint density at radius 1 is 0.917 bits per heavy atom. The standard InChI is InChI=1S/C32H39N3O/c1-23-7-6-8-27(19-23)33-30(36)35-22-32(28-20-24(2)9-14-29(28)35)15-17-34(18-16-32)21-25-10-12-26(13-11-25)31(3,4)5/h6-14,19-20H,15-18,21-22H2,1-5H3,(H,33,36). The zero-order valence-corrected chi connectivity index (χ0v) is 22.4. The van der Waals surface area contributed by atoms with Crippen LogP contribution in [0.3, 0.4) is 0 Å². The topological polar surface area (TPSA) is 35.6 Å². The summed E-state index contributed by atoms with van der Waals surface area (Å²) in [5.41, 5.74) is 8.62. The van der Waals surface area contributed by atoms with Crippen LogP contribution >= 0.6 is 0 Å². The summed E-state index contributed by atoms with van der Waals surface area (Å²) in [6, 6.07) is 23.7. The number of amides is 2. The van der Waals surface area contributed by atoms with Gasteiger partial charge in [0.15, 0.2) is 0 Å². The molecule has 0 radical (unpaired) electrons. The monoisotopic (exact) mass is 481 g/mol. The van der Waals surface area contributed by atoms with E-state index < -0.39 is 0 Å². The molecule has 2 aliphatic rings. The Morgan fingerprint density at radius 3 is 2.28 bits per heavy atom. The number of carbonyl (C=O) groups excluding carboxylic acids is 1. The first-order chi connectivity index (χ1) is 17.1. The van der Waals surface area contributed by atoms with Crippen molar-refractivity contribution in [1.82, 2.24) is 4.90 Å². The molecule has 0 aliphatic carbocycles. The summed E-state index contributed by atoms with van der Waals surface area (Å²) in [5.74, 6) is 0. The first kappa shape index (κ1) is 24.6. The predicted molar refractivity (Wildman–Crippen MR) is 150 cm³/mol. The number of hydrogen-bond donors (Lipinski definition) is 1. The number of rotatable bonds is 3. The molecule has 0 saturated carbocycles. The Morgan fingerprint density at radius 2 is 1.61 bits per heavy atom. The van der Waals surface area contributed by atoms with Crippen LogP contribution in [-0.4, -0.2) is 30.6 Å². The smallest absolute Gasteiger partial charge is 0.308 e. The molecular weight excluding hydrogens is 442 g/mol. The molecule has 2 aliphatic heterocycles. The first-order valence-electron chi connectivity index (χ1n) is 13.2. The minimum atomic E-state index is -0.0380. The number of likely N-dealkylation sites (tertiary alicyclic amines) is 1. The second-order valence-electron chi connectivity index (χ2n) is 11.9. The molecule has 36 heavy (non-hydrogen) atoms. The van der Waals surface area contributed by atoms with Crippen LogP contribution in [0.5, 0.6) is 0 Å². The summed E-state index contributed by atoms with van der Waals surface area (Å²) in [4.78, 5) is 17.9. The van der Waals surface area contributed by atoms with Crippen LogP contribution in [0.4, 0.5) is 16.2 Å². The summed E-state index contributed by atoms with van der Waals surface area (Å²) < 4.78 is 0. The quantitative estimate of drug-likeness (QED) is 0.430. The van der Waals surface area contributed by atoms with Crippen LogP contribution in [-0.2, 0) is 17.4 Å². The lowest BCUT2D eigenvalue weighted by molar-refractivity contribution is 0.160. The second-order valence-corrected chi connectivity index (χ2v) is 11.9. The number of carbonyl (C=O) groups is 1. The first-order valence-corrected chi connectivity index (χ1v) is 13.2. The molecule has 0 atom stereocenters. The summed E-state index contributed by atoms with van der Waals surface area (Å²) in [6.45, 7) is 14.8. The van der Waals surface area contributed by atoms with Gasteiger partial charge in [-0.1, -0.05) is 74.9 Å². The Hall–Kier alpha value is -3.11. The fourth-order valence-corrected chi connectivity index (χ4v) is 5.81. The Balaban J connectivity index is 1.30. The van der Waals surface area contributed by atoms with Gasteiger partial charge in [0, 0.05) is 29.9 Å². The van der Waals surface area contributed by atoms with Crippen molar-refractivity contribution in [3.63, 3.8) is 0 Å². The van der Waals surface area contributed by atoms with E-state index in [1.807, 2.05) is 36.1 Å². The van der Waals surface area contributed by atoms with Crippen LogP contribution in [0.25, 0.3) is 0 Å². The number of nitrogens with one attached hydrogen (secondary N) is 1. The maximum atomic E-state index is 13.4. The number of anilines is 2. The van der Waals surface area contributed by atoms with Gasteiger partial charge < -0.3 is 5.32 Å². The van der Waals surface area contributed by atoms with Gasteiger partial charge in [0.25, 0.3) is 0 Å². The minimum absolute atomic E-state index is 0.0257. The van der Waals surface area contributed by atoms with Crippen molar-refractivity contribution in [2.45, 2.75) is 64.8 Å². The molecule has 4 heteroatoms. The number of nitrogens with zero attached hydrogens (tertiary/aromatic N) is 2. The molecule has 1 spiro atoms. The van der Waals surface area contributed by atoms with Gasteiger partial charge in [-0.05, 0) is 85.6 Å². The minimum Gasteiger partial charge on any atom is -0.308 e. The molecule has 1 saturated heterocycles. The third-order valence-electron chi connectivity index (χ3n) is 8.03. The van der Waals surface area contributed by atoms with Crippen molar-refractivity contribution in [3.05, 3.63) is 94.5 Å². The van der Waals surface area contributed by atoms with Gasteiger partial charge in [-0.3, -0.25) is 9.80 Å². The summed E-state index contributed by atoms with van der Waals surface area (Å²) >= 11 is 0. The lowest BCUT2D eigenvalue weighted by Gasteiger charge is -2.40. The molecule has 1 fully saturated rings.